The molecule has 6 aromatic carbocycles. The number of thiophene rings is 2. The van der Waals surface area contributed by atoms with Crippen LogP contribution < -0.4 is 0 Å². The van der Waals surface area contributed by atoms with Gasteiger partial charge >= 0.3 is 0 Å². The summed E-state index contributed by atoms with van der Waals surface area (Å²) in [6.07, 6.45) is 0. The van der Waals surface area contributed by atoms with Gasteiger partial charge in [-0.1, -0.05) is 158 Å². The van der Waals surface area contributed by atoms with Gasteiger partial charge in [-0.3, -0.25) is 0 Å². The molecule has 0 unspecified atom stereocenters. The van der Waals surface area contributed by atoms with E-state index in [2.05, 4.69) is 156 Å². The van der Waals surface area contributed by atoms with Crippen LogP contribution in [0.15, 0.2) is 193 Å². The van der Waals surface area contributed by atoms with Crippen molar-refractivity contribution in [1.29, 1.82) is 0 Å². The van der Waals surface area contributed by atoms with Crippen LogP contribution in [0.5, 0.6) is 0 Å². The smallest absolute Gasteiger partial charge is 0.160 e. The van der Waals surface area contributed by atoms with E-state index in [1.165, 1.54) is 21.9 Å². The Morgan fingerprint density at radius 1 is 0.286 bits per heavy atom. The molecule has 6 heteroatoms. The highest BCUT2D eigenvalue weighted by atomic mass is 32.1. The van der Waals surface area contributed by atoms with Crippen LogP contribution in [0.1, 0.15) is 0 Å². The van der Waals surface area contributed by atoms with Crippen molar-refractivity contribution in [3.63, 3.8) is 0 Å². The van der Waals surface area contributed by atoms with Crippen molar-refractivity contribution in [1.82, 2.24) is 19.9 Å². The number of aromatic nitrogens is 4. The molecule has 4 aromatic heterocycles. The van der Waals surface area contributed by atoms with E-state index < -0.39 is 0 Å². The number of benzene rings is 6. The molecule has 0 atom stereocenters. The van der Waals surface area contributed by atoms with Gasteiger partial charge in [-0.05, 0) is 68.1 Å². The molecule has 0 amide bonds. The highest BCUT2D eigenvalue weighted by Gasteiger charge is 2.15. The fourth-order valence-electron chi connectivity index (χ4n) is 7.18. The molecule has 264 valence electrons. The number of fused-ring (bicyclic) bond motifs is 1. The van der Waals surface area contributed by atoms with Crippen LogP contribution in [0.2, 0.25) is 0 Å². The Bertz CT molecular complexity index is 2720. The average Bonchev–Trinajstić information content (AvgIpc) is 4.03. The third kappa shape index (κ3) is 6.62. The minimum absolute atomic E-state index is 0.724. The Morgan fingerprint density at radius 2 is 0.679 bits per heavy atom. The van der Waals surface area contributed by atoms with Gasteiger partial charge in [-0.2, -0.15) is 0 Å². The van der Waals surface area contributed by atoms with E-state index in [4.69, 9.17) is 19.9 Å². The number of rotatable bonds is 8. The summed E-state index contributed by atoms with van der Waals surface area (Å²) in [5.74, 6) is 1.45. The molecule has 4 nitrogen and oxygen atoms in total. The van der Waals surface area contributed by atoms with Crippen molar-refractivity contribution in [2.75, 3.05) is 0 Å². The predicted molar refractivity (Wildman–Crippen MR) is 234 cm³/mol. The van der Waals surface area contributed by atoms with Crippen molar-refractivity contribution in [2.24, 2.45) is 0 Å². The van der Waals surface area contributed by atoms with Crippen LogP contribution in [0.25, 0.3) is 99.5 Å². The van der Waals surface area contributed by atoms with E-state index in [9.17, 15) is 0 Å². The van der Waals surface area contributed by atoms with Crippen molar-refractivity contribution in [3.8, 4) is 88.7 Å². The Morgan fingerprint density at radius 3 is 1.07 bits per heavy atom. The lowest BCUT2D eigenvalue weighted by Crippen LogP contribution is -1.95. The molecule has 0 saturated heterocycles. The SMILES string of the molecule is c1ccc(-c2nc(-c3ccc(-c4cccc5c(-c6ccc(-c7cc(-c8cccs8)nc(-c8ccccc8)n7)cc6)cccc45)cc3)cc(-c3cccs3)n2)cc1. The summed E-state index contributed by atoms with van der Waals surface area (Å²) >= 11 is 3.38. The summed E-state index contributed by atoms with van der Waals surface area (Å²) in [6.45, 7) is 0. The first-order chi connectivity index (χ1) is 27.7. The van der Waals surface area contributed by atoms with E-state index in [1.807, 2.05) is 36.4 Å². The molecule has 0 aliphatic carbocycles. The zero-order valence-electron chi connectivity index (χ0n) is 30.1. The summed E-state index contributed by atoms with van der Waals surface area (Å²) in [4.78, 5) is 22.2. The van der Waals surface area contributed by atoms with Crippen LogP contribution in [0.3, 0.4) is 0 Å². The molecule has 0 spiro atoms. The van der Waals surface area contributed by atoms with Crippen LogP contribution in [-0.2, 0) is 0 Å². The number of nitrogens with zero attached hydrogens (tertiary/aromatic N) is 4. The van der Waals surface area contributed by atoms with E-state index in [1.54, 1.807) is 22.7 Å². The van der Waals surface area contributed by atoms with Gasteiger partial charge in [0, 0.05) is 22.3 Å². The van der Waals surface area contributed by atoms with E-state index in [0.717, 1.165) is 77.6 Å². The van der Waals surface area contributed by atoms with Gasteiger partial charge in [-0.15, -0.1) is 22.7 Å². The number of hydrogen-bond donors (Lipinski definition) is 0. The van der Waals surface area contributed by atoms with Gasteiger partial charge in [0.15, 0.2) is 11.6 Å². The maximum Gasteiger partial charge on any atom is 0.160 e. The maximum absolute atomic E-state index is 5.03. The molecule has 0 bridgehead atoms. The lowest BCUT2D eigenvalue weighted by atomic mass is 9.92. The molecule has 0 aliphatic heterocycles. The molecular weight excluding hydrogens is 721 g/mol. The molecule has 10 aromatic rings. The first-order valence-electron chi connectivity index (χ1n) is 18.4. The molecule has 10 rings (SSSR count). The highest BCUT2D eigenvalue weighted by Crippen LogP contribution is 2.37. The minimum atomic E-state index is 0.724. The van der Waals surface area contributed by atoms with Crippen molar-refractivity contribution < 1.29 is 0 Å². The van der Waals surface area contributed by atoms with Gasteiger partial charge in [0.05, 0.1) is 32.5 Å². The zero-order chi connectivity index (χ0) is 37.3. The van der Waals surface area contributed by atoms with Gasteiger partial charge in [0.1, 0.15) is 0 Å². The largest absolute Gasteiger partial charge is 0.228 e. The Kier molecular flexibility index (Phi) is 8.88. The van der Waals surface area contributed by atoms with Crippen LogP contribution in [0, 0.1) is 0 Å². The van der Waals surface area contributed by atoms with Gasteiger partial charge in [0.25, 0.3) is 0 Å². The lowest BCUT2D eigenvalue weighted by Gasteiger charge is -2.13. The van der Waals surface area contributed by atoms with E-state index in [-0.39, 0.29) is 0 Å². The van der Waals surface area contributed by atoms with E-state index in [0.29, 0.717) is 0 Å². The topological polar surface area (TPSA) is 51.6 Å². The monoisotopic (exact) mass is 752 g/mol. The van der Waals surface area contributed by atoms with Gasteiger partial charge < -0.3 is 0 Å². The first kappa shape index (κ1) is 33.7. The molecule has 0 aliphatic rings. The predicted octanol–water partition coefficient (Wildman–Crippen LogP) is 13.9. The van der Waals surface area contributed by atoms with Crippen molar-refractivity contribution in [2.45, 2.75) is 0 Å². The third-order valence-electron chi connectivity index (χ3n) is 9.97. The summed E-state index contributed by atoms with van der Waals surface area (Å²) in [6, 6.07) is 63.6. The minimum Gasteiger partial charge on any atom is -0.228 e. The second-order valence-electron chi connectivity index (χ2n) is 13.5. The third-order valence-corrected chi connectivity index (χ3v) is 11.8. The zero-order valence-corrected chi connectivity index (χ0v) is 31.7. The Balaban J connectivity index is 0.981. The summed E-state index contributed by atoms with van der Waals surface area (Å²) < 4.78 is 0. The Hall–Kier alpha value is -6.86. The molecule has 4 heterocycles. The van der Waals surface area contributed by atoms with Crippen molar-refractivity contribution >= 4 is 33.4 Å². The van der Waals surface area contributed by atoms with Crippen LogP contribution >= 0.6 is 22.7 Å². The molecular formula is C50H32N4S2. The molecule has 56 heavy (non-hydrogen) atoms. The fraction of sp³-hybridized carbons (Fsp3) is 0. The second kappa shape index (κ2) is 14.8. The standard InChI is InChI=1S/C50H32N4S2/c1-3-11-37(12-4-1)49-51-43(31-45(53-49)47-19-9-29-55-47)35-25-21-33(22-26-35)39-15-7-18-42-40(16-8-17-41(39)42)34-23-27-36(28-24-34)44-32-46(48-20-10-30-56-48)54-50(52-44)38-13-5-2-6-14-38/h1-32H. The summed E-state index contributed by atoms with van der Waals surface area (Å²) in [7, 11) is 0. The second-order valence-corrected chi connectivity index (χ2v) is 15.4. The van der Waals surface area contributed by atoms with Crippen LogP contribution in [-0.4, -0.2) is 19.9 Å². The molecule has 0 fully saturated rings. The normalized spacial score (nSPS) is 11.2. The fourth-order valence-corrected chi connectivity index (χ4v) is 8.55. The first-order valence-corrected chi connectivity index (χ1v) is 20.2. The quantitative estimate of drug-likeness (QED) is 0.155. The molecule has 0 N–H and O–H groups in total. The maximum atomic E-state index is 5.03. The van der Waals surface area contributed by atoms with E-state index >= 15 is 0 Å². The highest BCUT2D eigenvalue weighted by molar-refractivity contribution is 7.13. The molecule has 0 radical (unpaired) electrons. The lowest BCUT2D eigenvalue weighted by molar-refractivity contribution is 1.19. The van der Waals surface area contributed by atoms with Crippen LogP contribution in [0.4, 0.5) is 0 Å². The Labute approximate surface area is 333 Å². The number of hydrogen-bond acceptors (Lipinski definition) is 6. The summed E-state index contributed by atoms with van der Waals surface area (Å²) in [5.41, 5.74) is 12.5. The van der Waals surface area contributed by atoms with Gasteiger partial charge in [0.2, 0.25) is 0 Å². The average molecular weight is 753 g/mol. The van der Waals surface area contributed by atoms with Gasteiger partial charge in [-0.25, -0.2) is 19.9 Å². The summed E-state index contributed by atoms with van der Waals surface area (Å²) in [5, 5.41) is 6.59. The molecule has 0 saturated carbocycles. The van der Waals surface area contributed by atoms with Crippen molar-refractivity contribution in [3.05, 3.63) is 193 Å².